The normalized spacial score (nSPS) is 13.4. The van der Waals surface area contributed by atoms with Gasteiger partial charge in [-0.2, -0.15) is 0 Å². The predicted molar refractivity (Wildman–Crippen MR) is 84.5 cm³/mol. The molecule has 0 bridgehead atoms. The number of nitrogens with one attached hydrogen (secondary N) is 1. The molecule has 108 valence electrons. The van der Waals surface area contributed by atoms with E-state index in [2.05, 4.69) is 26.2 Å². The molecule has 1 aromatic carbocycles. The number of rotatable bonds is 2. The van der Waals surface area contributed by atoms with Gasteiger partial charge in [-0.25, -0.2) is 4.98 Å². The van der Waals surface area contributed by atoms with Crippen molar-refractivity contribution in [3.05, 3.63) is 22.7 Å². The number of fused-ring (bicyclic) bond motifs is 1. The molecule has 0 saturated carbocycles. The minimum Gasteiger partial charge on any atom is -0.369 e. The van der Waals surface area contributed by atoms with Gasteiger partial charge in [-0.3, -0.25) is 9.36 Å². The number of hydrogen-bond acceptors (Lipinski definition) is 3. The lowest BCUT2D eigenvalue weighted by Crippen LogP contribution is -2.43. The van der Waals surface area contributed by atoms with Gasteiger partial charge in [-0.15, -0.1) is 0 Å². The Hall–Kier alpha value is -1.56. The van der Waals surface area contributed by atoms with Crippen LogP contribution in [0.3, 0.4) is 0 Å². The highest BCUT2D eigenvalue weighted by Gasteiger charge is 2.23. The maximum absolute atomic E-state index is 12.3. The van der Waals surface area contributed by atoms with E-state index in [1.165, 1.54) is 0 Å². The molecule has 2 aromatic rings. The minimum atomic E-state index is -0.423. The van der Waals surface area contributed by atoms with Gasteiger partial charge >= 0.3 is 0 Å². The van der Waals surface area contributed by atoms with Crippen molar-refractivity contribution in [2.75, 3.05) is 5.73 Å². The monoisotopic (exact) mass is 338 g/mol. The van der Waals surface area contributed by atoms with Crippen molar-refractivity contribution < 1.29 is 4.79 Å². The van der Waals surface area contributed by atoms with Gasteiger partial charge in [0.2, 0.25) is 11.9 Å². The quantitative estimate of drug-likeness (QED) is 0.884. The molecule has 1 aromatic heterocycles. The molecule has 0 fully saturated rings. The van der Waals surface area contributed by atoms with Gasteiger partial charge < -0.3 is 11.1 Å². The van der Waals surface area contributed by atoms with Crippen molar-refractivity contribution in [2.45, 2.75) is 39.3 Å². The van der Waals surface area contributed by atoms with Crippen LogP contribution in [-0.4, -0.2) is 21.0 Å². The third-order valence-corrected chi connectivity index (χ3v) is 3.44. The standard InChI is InChI=1S/C14H19BrN4O/c1-8(12(20)18-14(2,3)4)19-11-7-9(15)5-6-10(11)17-13(19)16/h5-8H,1-4H3,(H2,16,17)(H,18,20). The van der Waals surface area contributed by atoms with E-state index in [1.807, 2.05) is 45.9 Å². The lowest BCUT2D eigenvalue weighted by Gasteiger charge is -2.24. The highest BCUT2D eigenvalue weighted by atomic mass is 79.9. The van der Waals surface area contributed by atoms with E-state index in [0.29, 0.717) is 5.95 Å². The Kier molecular flexibility index (Phi) is 3.77. The number of nitrogens with two attached hydrogens (primary N) is 1. The fraction of sp³-hybridized carbons (Fsp3) is 0.429. The maximum Gasteiger partial charge on any atom is 0.243 e. The lowest BCUT2D eigenvalue weighted by molar-refractivity contribution is -0.125. The average Bonchev–Trinajstić information content (AvgIpc) is 2.61. The molecular weight excluding hydrogens is 320 g/mol. The van der Waals surface area contributed by atoms with Crippen LogP contribution in [0.1, 0.15) is 33.7 Å². The number of hydrogen-bond donors (Lipinski definition) is 2. The molecule has 1 atom stereocenters. The fourth-order valence-corrected chi connectivity index (χ4v) is 2.43. The molecule has 20 heavy (non-hydrogen) atoms. The molecule has 0 aliphatic heterocycles. The summed E-state index contributed by atoms with van der Waals surface area (Å²) in [6.45, 7) is 7.66. The first-order chi connectivity index (χ1) is 9.19. The van der Waals surface area contributed by atoms with Gasteiger partial charge in [0.05, 0.1) is 11.0 Å². The largest absolute Gasteiger partial charge is 0.369 e. The molecule has 0 radical (unpaired) electrons. The van der Waals surface area contributed by atoms with E-state index in [-0.39, 0.29) is 11.4 Å². The molecule has 1 unspecified atom stereocenters. The van der Waals surface area contributed by atoms with E-state index in [1.54, 1.807) is 4.57 Å². The third kappa shape index (κ3) is 2.95. The summed E-state index contributed by atoms with van der Waals surface area (Å²) in [5.41, 5.74) is 7.30. The Morgan fingerprint density at radius 2 is 2.10 bits per heavy atom. The summed E-state index contributed by atoms with van der Waals surface area (Å²) in [6, 6.07) is 5.27. The molecule has 0 aliphatic rings. The van der Waals surface area contributed by atoms with Gasteiger partial charge in [0, 0.05) is 10.0 Å². The second kappa shape index (κ2) is 5.09. The van der Waals surface area contributed by atoms with Gasteiger partial charge in [0.15, 0.2) is 0 Å². The van der Waals surface area contributed by atoms with E-state index in [4.69, 9.17) is 5.73 Å². The molecule has 5 nitrogen and oxygen atoms in total. The molecule has 1 heterocycles. The second-order valence-electron chi connectivity index (χ2n) is 5.89. The van der Waals surface area contributed by atoms with E-state index in [0.717, 1.165) is 15.5 Å². The Morgan fingerprint density at radius 1 is 1.45 bits per heavy atom. The average molecular weight is 339 g/mol. The highest BCUT2D eigenvalue weighted by molar-refractivity contribution is 9.10. The van der Waals surface area contributed by atoms with Crippen LogP contribution in [0, 0.1) is 0 Å². The van der Waals surface area contributed by atoms with Gasteiger partial charge in [-0.1, -0.05) is 15.9 Å². The fourth-order valence-electron chi connectivity index (χ4n) is 2.08. The lowest BCUT2D eigenvalue weighted by atomic mass is 10.1. The summed E-state index contributed by atoms with van der Waals surface area (Å²) < 4.78 is 2.68. The topological polar surface area (TPSA) is 72.9 Å². The van der Waals surface area contributed by atoms with Crippen molar-refractivity contribution in [3.63, 3.8) is 0 Å². The van der Waals surface area contributed by atoms with Crippen LogP contribution < -0.4 is 11.1 Å². The number of anilines is 1. The Labute approximate surface area is 126 Å². The third-order valence-electron chi connectivity index (χ3n) is 2.94. The van der Waals surface area contributed by atoms with Crippen molar-refractivity contribution in [1.82, 2.24) is 14.9 Å². The smallest absolute Gasteiger partial charge is 0.243 e. The van der Waals surface area contributed by atoms with Crippen molar-refractivity contribution in [2.24, 2.45) is 0 Å². The van der Waals surface area contributed by atoms with Crippen LogP contribution >= 0.6 is 15.9 Å². The summed E-state index contributed by atoms with van der Waals surface area (Å²) in [6.07, 6.45) is 0. The van der Waals surface area contributed by atoms with Crippen molar-refractivity contribution >= 4 is 38.8 Å². The summed E-state index contributed by atoms with van der Waals surface area (Å²) >= 11 is 3.43. The number of nitrogens with zero attached hydrogens (tertiary/aromatic N) is 2. The molecular formula is C14H19BrN4O. The minimum absolute atomic E-state index is 0.0801. The van der Waals surface area contributed by atoms with Crippen LogP contribution in [0.2, 0.25) is 0 Å². The Bertz CT molecular complexity index is 657. The number of imidazole rings is 1. The van der Waals surface area contributed by atoms with E-state index >= 15 is 0 Å². The SMILES string of the molecule is CC(C(=O)NC(C)(C)C)n1c(N)nc2ccc(Br)cc21. The van der Waals surface area contributed by atoms with Crippen molar-refractivity contribution in [3.8, 4) is 0 Å². The first-order valence-electron chi connectivity index (χ1n) is 6.44. The molecule has 3 N–H and O–H groups in total. The molecule has 0 saturated heterocycles. The van der Waals surface area contributed by atoms with Gasteiger partial charge in [-0.05, 0) is 45.9 Å². The molecule has 1 amide bonds. The highest BCUT2D eigenvalue weighted by Crippen LogP contribution is 2.26. The maximum atomic E-state index is 12.3. The molecule has 2 rings (SSSR count). The summed E-state index contributed by atoms with van der Waals surface area (Å²) in [5, 5.41) is 2.96. The number of amides is 1. The molecule has 0 spiro atoms. The number of benzene rings is 1. The second-order valence-corrected chi connectivity index (χ2v) is 6.80. The van der Waals surface area contributed by atoms with Crippen molar-refractivity contribution in [1.29, 1.82) is 0 Å². The van der Waals surface area contributed by atoms with Crippen LogP contribution in [0.5, 0.6) is 0 Å². The number of halogens is 1. The number of carbonyl (C=O) groups is 1. The molecule has 6 heteroatoms. The van der Waals surface area contributed by atoms with Gasteiger partial charge in [0.1, 0.15) is 6.04 Å². The zero-order valence-corrected chi connectivity index (χ0v) is 13.7. The zero-order chi connectivity index (χ0) is 15.1. The van der Waals surface area contributed by atoms with E-state index in [9.17, 15) is 4.79 Å². The zero-order valence-electron chi connectivity index (χ0n) is 12.1. The van der Waals surface area contributed by atoms with Crippen LogP contribution in [0.4, 0.5) is 5.95 Å². The van der Waals surface area contributed by atoms with Crippen LogP contribution in [0.15, 0.2) is 22.7 Å². The number of aromatic nitrogens is 2. The van der Waals surface area contributed by atoms with Crippen LogP contribution in [-0.2, 0) is 4.79 Å². The number of nitrogen functional groups attached to an aromatic ring is 1. The number of carbonyl (C=O) groups excluding carboxylic acids is 1. The summed E-state index contributed by atoms with van der Waals surface area (Å²) in [5.74, 6) is 0.262. The summed E-state index contributed by atoms with van der Waals surface area (Å²) in [4.78, 5) is 16.6. The predicted octanol–water partition coefficient (Wildman–Crippen LogP) is 2.86. The Morgan fingerprint density at radius 3 is 2.70 bits per heavy atom. The molecule has 0 aliphatic carbocycles. The van der Waals surface area contributed by atoms with Gasteiger partial charge in [0.25, 0.3) is 0 Å². The Balaban J connectivity index is 2.44. The van der Waals surface area contributed by atoms with Crippen LogP contribution in [0.25, 0.3) is 11.0 Å². The van der Waals surface area contributed by atoms with E-state index < -0.39 is 6.04 Å². The summed E-state index contributed by atoms with van der Waals surface area (Å²) in [7, 11) is 0. The first kappa shape index (κ1) is 14.8. The first-order valence-corrected chi connectivity index (χ1v) is 7.23.